The summed E-state index contributed by atoms with van der Waals surface area (Å²) in [5, 5.41) is 13.7. The third-order valence-electron chi connectivity index (χ3n) is 4.87. The number of amides is 2. The second-order valence-electron chi connectivity index (χ2n) is 7.45. The van der Waals surface area contributed by atoms with E-state index in [9.17, 15) is 27.9 Å². The second kappa shape index (κ2) is 11.8. The van der Waals surface area contributed by atoms with Gasteiger partial charge >= 0.3 is 5.97 Å². The van der Waals surface area contributed by atoms with Gasteiger partial charge in [-0.1, -0.05) is 36.2 Å². The Morgan fingerprint density at radius 3 is 2.26 bits per heavy atom. The maximum absolute atomic E-state index is 13.0. The number of anilines is 2. The van der Waals surface area contributed by atoms with Gasteiger partial charge in [0.15, 0.2) is 9.84 Å². The minimum Gasteiger partial charge on any atom is -0.506 e. The molecule has 2 aromatic carbocycles. The molecule has 2 aromatic rings. The van der Waals surface area contributed by atoms with Crippen molar-refractivity contribution in [2.24, 2.45) is 0 Å². The molecule has 0 bridgehead atoms. The maximum atomic E-state index is 13.0. The van der Waals surface area contributed by atoms with Crippen molar-refractivity contribution in [1.29, 1.82) is 0 Å². The highest BCUT2D eigenvalue weighted by atomic mass is 35.5. The van der Waals surface area contributed by atoms with E-state index in [2.05, 4.69) is 10.6 Å². The lowest BCUT2D eigenvalue weighted by Gasteiger charge is -2.17. The number of sulfone groups is 1. The van der Waals surface area contributed by atoms with Crippen LogP contribution in [-0.4, -0.2) is 43.2 Å². The number of carbonyl (C=O) groups is 3. The molecule has 1 atom stereocenters. The van der Waals surface area contributed by atoms with E-state index in [1.807, 2.05) is 6.92 Å². The Morgan fingerprint density at radius 2 is 1.68 bits per heavy atom. The highest BCUT2D eigenvalue weighted by molar-refractivity contribution is 7.92. The number of carbonyl (C=O) groups excluding carboxylic acids is 3. The van der Waals surface area contributed by atoms with E-state index in [4.69, 9.17) is 16.3 Å². The Bertz CT molecular complexity index is 1160. The van der Waals surface area contributed by atoms with Crippen LogP contribution in [0.2, 0.25) is 5.02 Å². The minimum absolute atomic E-state index is 0.0141. The van der Waals surface area contributed by atoms with Crippen molar-refractivity contribution in [3.05, 3.63) is 47.0 Å². The summed E-state index contributed by atoms with van der Waals surface area (Å²) < 4.78 is 30.7. The normalized spacial score (nSPS) is 12.0. The average molecular weight is 511 g/mol. The smallest absolute Gasteiger partial charge is 0.306 e. The number of esters is 1. The van der Waals surface area contributed by atoms with Crippen LogP contribution in [0.3, 0.4) is 0 Å². The summed E-state index contributed by atoms with van der Waals surface area (Å²) in [6, 6.07) is 8.49. The van der Waals surface area contributed by atoms with Crippen molar-refractivity contribution in [1.82, 2.24) is 0 Å². The first kappa shape index (κ1) is 27.1. The van der Waals surface area contributed by atoms with E-state index in [1.54, 1.807) is 26.0 Å². The molecule has 0 saturated heterocycles. The highest BCUT2D eigenvalue weighted by Crippen LogP contribution is 2.34. The number of hydrogen-bond donors (Lipinski definition) is 3. The molecule has 0 aliphatic heterocycles. The lowest BCUT2D eigenvalue weighted by atomic mass is 10.2. The molecule has 34 heavy (non-hydrogen) atoms. The van der Waals surface area contributed by atoms with Gasteiger partial charge in [-0.25, -0.2) is 8.42 Å². The summed E-state index contributed by atoms with van der Waals surface area (Å²) >= 11 is 6.19. The number of aromatic hydroxyl groups is 1. The Hall–Kier alpha value is -3.11. The molecule has 0 radical (unpaired) electrons. The SMILES string of the molecule is CCOC(=O)CCC(=O)Nc1cc(Cl)c(NC(=O)C(CC)S(=O)(=O)c2ccc(C)cc2)cc1O. The van der Waals surface area contributed by atoms with Crippen molar-refractivity contribution in [2.45, 2.75) is 50.2 Å². The van der Waals surface area contributed by atoms with Crippen LogP contribution >= 0.6 is 11.6 Å². The van der Waals surface area contributed by atoms with Crippen LogP contribution in [0, 0.1) is 6.92 Å². The lowest BCUT2D eigenvalue weighted by Crippen LogP contribution is -2.34. The van der Waals surface area contributed by atoms with Crippen molar-refractivity contribution in [2.75, 3.05) is 17.2 Å². The van der Waals surface area contributed by atoms with Crippen LogP contribution in [0.4, 0.5) is 11.4 Å². The molecule has 0 spiro atoms. The summed E-state index contributed by atoms with van der Waals surface area (Å²) in [6.07, 6.45) is -0.278. The number of hydrogen-bond acceptors (Lipinski definition) is 7. The first-order valence-electron chi connectivity index (χ1n) is 10.6. The fraction of sp³-hybridized carbons (Fsp3) is 0.348. The number of ether oxygens (including phenoxy) is 1. The molecular weight excluding hydrogens is 484 g/mol. The molecule has 0 fully saturated rings. The van der Waals surface area contributed by atoms with Gasteiger partial charge in [-0.3, -0.25) is 14.4 Å². The van der Waals surface area contributed by atoms with E-state index < -0.39 is 38.6 Å². The van der Waals surface area contributed by atoms with Crippen molar-refractivity contribution >= 4 is 50.6 Å². The zero-order chi connectivity index (χ0) is 25.5. The summed E-state index contributed by atoms with van der Waals surface area (Å²) in [4.78, 5) is 36.2. The first-order chi connectivity index (χ1) is 16.0. The number of rotatable bonds is 10. The van der Waals surface area contributed by atoms with E-state index in [1.165, 1.54) is 18.2 Å². The van der Waals surface area contributed by atoms with E-state index in [0.29, 0.717) is 0 Å². The molecule has 0 aliphatic carbocycles. The topological polar surface area (TPSA) is 139 Å². The predicted molar refractivity (Wildman–Crippen MR) is 129 cm³/mol. The van der Waals surface area contributed by atoms with E-state index in [-0.39, 0.29) is 47.2 Å². The van der Waals surface area contributed by atoms with E-state index >= 15 is 0 Å². The van der Waals surface area contributed by atoms with Gasteiger partial charge in [0.1, 0.15) is 11.0 Å². The van der Waals surface area contributed by atoms with Gasteiger partial charge in [-0.2, -0.15) is 0 Å². The Kier molecular flexibility index (Phi) is 9.46. The molecule has 0 aromatic heterocycles. The zero-order valence-corrected chi connectivity index (χ0v) is 20.6. The number of halogens is 1. The summed E-state index contributed by atoms with van der Waals surface area (Å²) in [5.41, 5.74) is 0.828. The number of phenolic OH excluding ortho intramolecular Hbond substituents is 1. The van der Waals surface area contributed by atoms with Crippen molar-refractivity contribution in [3.8, 4) is 5.75 Å². The van der Waals surface area contributed by atoms with Crippen LogP contribution < -0.4 is 10.6 Å². The molecule has 0 heterocycles. The molecule has 3 N–H and O–H groups in total. The number of aryl methyl sites for hydroxylation is 1. The summed E-state index contributed by atoms with van der Waals surface area (Å²) in [6.45, 7) is 5.25. The van der Waals surface area contributed by atoms with Gasteiger partial charge in [-0.15, -0.1) is 0 Å². The lowest BCUT2D eigenvalue weighted by molar-refractivity contribution is -0.144. The first-order valence-corrected chi connectivity index (χ1v) is 12.5. The van der Waals surface area contributed by atoms with Gasteiger partial charge < -0.3 is 20.5 Å². The fourth-order valence-corrected chi connectivity index (χ4v) is 4.90. The van der Waals surface area contributed by atoms with Gasteiger partial charge in [0, 0.05) is 12.5 Å². The van der Waals surface area contributed by atoms with E-state index in [0.717, 1.165) is 11.6 Å². The Labute approximate surface area is 203 Å². The molecule has 2 amide bonds. The molecule has 9 nitrogen and oxygen atoms in total. The number of benzene rings is 2. The molecule has 1 unspecified atom stereocenters. The van der Waals surface area contributed by atoms with Crippen LogP contribution in [0.25, 0.3) is 0 Å². The Morgan fingerprint density at radius 1 is 1.03 bits per heavy atom. The third kappa shape index (κ3) is 6.94. The van der Waals surface area contributed by atoms with Crippen LogP contribution in [0.1, 0.15) is 38.7 Å². The van der Waals surface area contributed by atoms with Gasteiger partial charge in [0.05, 0.1) is 34.3 Å². The third-order valence-corrected chi connectivity index (χ3v) is 7.40. The van der Waals surface area contributed by atoms with Crippen LogP contribution in [-0.2, 0) is 29.0 Å². The van der Waals surface area contributed by atoms with Crippen LogP contribution in [0.15, 0.2) is 41.3 Å². The second-order valence-corrected chi connectivity index (χ2v) is 9.98. The predicted octanol–water partition coefficient (Wildman–Crippen LogP) is 3.83. The number of nitrogens with one attached hydrogen (secondary N) is 2. The molecule has 2 rings (SSSR count). The Balaban J connectivity index is 2.14. The fourth-order valence-electron chi connectivity index (χ4n) is 3.07. The zero-order valence-electron chi connectivity index (χ0n) is 19.1. The maximum Gasteiger partial charge on any atom is 0.306 e. The molecule has 11 heteroatoms. The van der Waals surface area contributed by atoms with Gasteiger partial charge in [0.25, 0.3) is 0 Å². The molecule has 184 valence electrons. The number of phenols is 1. The van der Waals surface area contributed by atoms with Crippen LogP contribution in [0.5, 0.6) is 5.75 Å². The summed E-state index contributed by atoms with van der Waals surface area (Å²) in [7, 11) is -3.96. The molecule has 0 aliphatic rings. The van der Waals surface area contributed by atoms with Gasteiger partial charge in [-0.05, 0) is 38.5 Å². The quantitative estimate of drug-likeness (QED) is 0.326. The van der Waals surface area contributed by atoms with Crippen molar-refractivity contribution < 1.29 is 32.6 Å². The minimum atomic E-state index is -3.96. The monoisotopic (exact) mass is 510 g/mol. The molecule has 0 saturated carbocycles. The summed E-state index contributed by atoms with van der Waals surface area (Å²) in [5.74, 6) is -2.29. The van der Waals surface area contributed by atoms with Crippen molar-refractivity contribution in [3.63, 3.8) is 0 Å². The highest BCUT2D eigenvalue weighted by Gasteiger charge is 2.33. The molecular formula is C23H27ClN2O7S. The van der Waals surface area contributed by atoms with Gasteiger partial charge in [0.2, 0.25) is 11.8 Å². The average Bonchev–Trinajstić information content (AvgIpc) is 2.76. The largest absolute Gasteiger partial charge is 0.506 e. The standard InChI is InChI=1S/C23H27ClN2O7S/c1-4-20(34(31,32)15-8-6-14(3)7-9-15)23(30)26-17-13-19(27)18(12-16(17)24)25-21(28)10-11-22(29)33-5-2/h6-9,12-13,20,27H,4-5,10-11H2,1-3H3,(H,25,28)(H,26,30).